The number of halogens is 1. The number of carbonyl (C=O) groups excluding carboxylic acids is 1. The number of hydrogen-bond donors (Lipinski definition) is 1. The Morgan fingerprint density at radius 1 is 1.53 bits per heavy atom. The van der Waals surface area contributed by atoms with Crippen LogP contribution >= 0.6 is 27.3 Å². The standard InChI is InChI=1S/C12H19BrN2OS/c1-4-15(5-2)12(16)9(3)14-7-11-6-10(13)8-17-11/h6,8-9,14H,4-5,7H2,1-3H3. The van der Waals surface area contributed by atoms with Crippen molar-refractivity contribution in [3.8, 4) is 0 Å². The van der Waals surface area contributed by atoms with Gasteiger partial charge in [0.2, 0.25) is 5.91 Å². The van der Waals surface area contributed by atoms with Crippen LogP contribution in [-0.2, 0) is 11.3 Å². The van der Waals surface area contributed by atoms with Gasteiger partial charge in [0.15, 0.2) is 0 Å². The zero-order chi connectivity index (χ0) is 12.8. The van der Waals surface area contributed by atoms with Crippen LogP contribution in [0.1, 0.15) is 25.6 Å². The van der Waals surface area contributed by atoms with Crippen molar-refractivity contribution in [2.24, 2.45) is 0 Å². The van der Waals surface area contributed by atoms with Crippen LogP contribution in [0.4, 0.5) is 0 Å². The molecule has 0 saturated heterocycles. The molecule has 17 heavy (non-hydrogen) atoms. The van der Waals surface area contributed by atoms with Gasteiger partial charge in [-0.2, -0.15) is 0 Å². The Morgan fingerprint density at radius 3 is 2.65 bits per heavy atom. The molecular weight excluding hydrogens is 300 g/mol. The number of thiophene rings is 1. The van der Waals surface area contributed by atoms with E-state index in [1.54, 1.807) is 11.3 Å². The quantitative estimate of drug-likeness (QED) is 0.874. The highest BCUT2D eigenvalue weighted by molar-refractivity contribution is 9.10. The minimum absolute atomic E-state index is 0.129. The van der Waals surface area contributed by atoms with Gasteiger partial charge in [-0.1, -0.05) is 0 Å². The summed E-state index contributed by atoms with van der Waals surface area (Å²) in [5.41, 5.74) is 0. The maximum atomic E-state index is 12.0. The molecule has 0 aliphatic heterocycles. The fourth-order valence-electron chi connectivity index (χ4n) is 1.60. The molecule has 0 fully saturated rings. The molecule has 1 unspecified atom stereocenters. The van der Waals surface area contributed by atoms with E-state index in [0.29, 0.717) is 0 Å². The Labute approximate surface area is 115 Å². The highest BCUT2D eigenvalue weighted by Gasteiger charge is 2.17. The van der Waals surface area contributed by atoms with E-state index < -0.39 is 0 Å². The van der Waals surface area contributed by atoms with Crippen molar-refractivity contribution < 1.29 is 4.79 Å². The molecule has 0 bridgehead atoms. The van der Waals surface area contributed by atoms with E-state index in [2.05, 4.69) is 27.3 Å². The van der Waals surface area contributed by atoms with Gasteiger partial charge in [0.25, 0.3) is 0 Å². The first-order valence-corrected chi connectivity index (χ1v) is 7.50. The number of nitrogens with zero attached hydrogens (tertiary/aromatic N) is 1. The van der Waals surface area contributed by atoms with Crippen LogP contribution in [0.15, 0.2) is 15.9 Å². The minimum Gasteiger partial charge on any atom is -0.342 e. The summed E-state index contributed by atoms with van der Waals surface area (Å²) in [7, 11) is 0. The largest absolute Gasteiger partial charge is 0.342 e. The molecular formula is C12H19BrN2OS. The maximum Gasteiger partial charge on any atom is 0.239 e. The van der Waals surface area contributed by atoms with E-state index in [1.165, 1.54) is 4.88 Å². The fourth-order valence-corrected chi connectivity index (χ4v) is 3.00. The second-order valence-electron chi connectivity index (χ2n) is 3.84. The molecule has 0 aromatic carbocycles. The lowest BCUT2D eigenvalue weighted by Gasteiger charge is -2.23. The Morgan fingerprint density at radius 2 is 2.18 bits per heavy atom. The van der Waals surface area contributed by atoms with Gasteiger partial charge in [0, 0.05) is 34.4 Å². The van der Waals surface area contributed by atoms with Crippen molar-refractivity contribution in [2.75, 3.05) is 13.1 Å². The van der Waals surface area contributed by atoms with Crippen molar-refractivity contribution >= 4 is 33.2 Å². The van der Waals surface area contributed by atoms with Crippen LogP contribution < -0.4 is 5.32 Å². The van der Waals surface area contributed by atoms with Crippen LogP contribution in [-0.4, -0.2) is 29.9 Å². The molecule has 0 spiro atoms. The Bertz CT molecular complexity index is 363. The Balaban J connectivity index is 2.43. The van der Waals surface area contributed by atoms with Gasteiger partial charge in [-0.05, 0) is 42.8 Å². The number of carbonyl (C=O) groups is 1. The summed E-state index contributed by atoms with van der Waals surface area (Å²) in [6, 6.07) is 1.95. The molecule has 1 heterocycles. The third kappa shape index (κ3) is 4.41. The van der Waals surface area contributed by atoms with E-state index >= 15 is 0 Å². The molecule has 0 aliphatic carbocycles. The second kappa shape index (κ2) is 7.13. The molecule has 1 rings (SSSR count). The lowest BCUT2D eigenvalue weighted by Crippen LogP contribution is -2.44. The molecule has 1 aromatic heterocycles. The highest BCUT2D eigenvalue weighted by atomic mass is 79.9. The van der Waals surface area contributed by atoms with E-state index in [4.69, 9.17) is 0 Å². The van der Waals surface area contributed by atoms with E-state index in [-0.39, 0.29) is 11.9 Å². The van der Waals surface area contributed by atoms with E-state index in [0.717, 1.165) is 24.1 Å². The van der Waals surface area contributed by atoms with Gasteiger partial charge in [-0.25, -0.2) is 0 Å². The third-order valence-electron chi connectivity index (χ3n) is 2.65. The first-order valence-electron chi connectivity index (χ1n) is 5.83. The molecule has 1 aromatic rings. The predicted molar refractivity (Wildman–Crippen MR) is 76.2 cm³/mol. The normalized spacial score (nSPS) is 12.5. The first-order chi connectivity index (χ1) is 8.08. The van der Waals surface area contributed by atoms with Crippen LogP contribution in [0.25, 0.3) is 0 Å². The molecule has 0 aliphatic rings. The summed E-state index contributed by atoms with van der Waals surface area (Å²) < 4.78 is 1.10. The minimum atomic E-state index is -0.129. The molecule has 1 N–H and O–H groups in total. The zero-order valence-corrected chi connectivity index (χ0v) is 12.9. The molecule has 0 saturated carbocycles. The fraction of sp³-hybridized carbons (Fsp3) is 0.583. The van der Waals surface area contributed by atoms with Crippen molar-refractivity contribution in [1.29, 1.82) is 0 Å². The summed E-state index contributed by atoms with van der Waals surface area (Å²) in [6.45, 7) is 8.21. The van der Waals surface area contributed by atoms with Gasteiger partial charge in [-0.15, -0.1) is 11.3 Å². The average Bonchev–Trinajstić information content (AvgIpc) is 2.73. The number of nitrogens with one attached hydrogen (secondary N) is 1. The molecule has 1 amide bonds. The summed E-state index contributed by atoms with van der Waals surface area (Å²) >= 11 is 5.11. The van der Waals surface area contributed by atoms with Crippen LogP contribution in [0.3, 0.4) is 0 Å². The van der Waals surface area contributed by atoms with Crippen molar-refractivity contribution in [2.45, 2.75) is 33.4 Å². The number of amides is 1. The molecule has 5 heteroatoms. The molecule has 1 atom stereocenters. The predicted octanol–water partition coefficient (Wildman–Crippen LogP) is 2.86. The first kappa shape index (κ1) is 14.7. The molecule has 0 radical (unpaired) electrons. The topological polar surface area (TPSA) is 32.3 Å². The van der Waals surface area contributed by atoms with Crippen LogP contribution in [0.5, 0.6) is 0 Å². The van der Waals surface area contributed by atoms with Gasteiger partial charge in [0.1, 0.15) is 0 Å². The Hall–Kier alpha value is -0.390. The summed E-state index contributed by atoms with van der Waals surface area (Å²) in [4.78, 5) is 15.1. The van der Waals surface area contributed by atoms with Gasteiger partial charge < -0.3 is 10.2 Å². The summed E-state index contributed by atoms with van der Waals surface area (Å²) in [6.07, 6.45) is 0. The monoisotopic (exact) mass is 318 g/mol. The second-order valence-corrected chi connectivity index (χ2v) is 5.76. The van der Waals surface area contributed by atoms with Crippen LogP contribution in [0.2, 0.25) is 0 Å². The molecule has 96 valence electrons. The van der Waals surface area contributed by atoms with Crippen LogP contribution in [0, 0.1) is 0 Å². The van der Waals surface area contributed by atoms with E-state index in [1.807, 2.05) is 31.1 Å². The van der Waals surface area contributed by atoms with Gasteiger partial charge >= 0.3 is 0 Å². The summed E-state index contributed by atoms with van der Waals surface area (Å²) in [5.74, 6) is 0.172. The zero-order valence-electron chi connectivity index (χ0n) is 10.5. The Kier molecular flexibility index (Phi) is 6.16. The van der Waals surface area contributed by atoms with Gasteiger partial charge in [0.05, 0.1) is 6.04 Å². The smallest absolute Gasteiger partial charge is 0.239 e. The summed E-state index contributed by atoms with van der Waals surface area (Å²) in [5, 5.41) is 5.31. The average molecular weight is 319 g/mol. The lowest BCUT2D eigenvalue weighted by atomic mass is 10.2. The van der Waals surface area contributed by atoms with Gasteiger partial charge in [-0.3, -0.25) is 4.79 Å². The van der Waals surface area contributed by atoms with Crippen molar-refractivity contribution in [3.05, 3.63) is 20.8 Å². The lowest BCUT2D eigenvalue weighted by molar-refractivity contribution is -0.132. The van der Waals surface area contributed by atoms with Crippen molar-refractivity contribution in [1.82, 2.24) is 10.2 Å². The molecule has 3 nitrogen and oxygen atoms in total. The number of rotatable bonds is 6. The number of hydrogen-bond acceptors (Lipinski definition) is 3. The van der Waals surface area contributed by atoms with E-state index in [9.17, 15) is 4.79 Å². The third-order valence-corrected chi connectivity index (χ3v) is 4.35. The SMILES string of the molecule is CCN(CC)C(=O)C(C)NCc1cc(Br)cs1. The highest BCUT2D eigenvalue weighted by Crippen LogP contribution is 2.19. The maximum absolute atomic E-state index is 12.0. The van der Waals surface area contributed by atoms with Crippen molar-refractivity contribution in [3.63, 3.8) is 0 Å². The number of likely N-dealkylation sites (N-methyl/N-ethyl adjacent to an activating group) is 1.